The van der Waals surface area contributed by atoms with Crippen LogP contribution in [0.5, 0.6) is 0 Å². The summed E-state index contributed by atoms with van der Waals surface area (Å²) in [6.07, 6.45) is 5.81. The summed E-state index contributed by atoms with van der Waals surface area (Å²) in [5, 5.41) is 6.80. The average Bonchev–Trinajstić information content (AvgIpc) is 2.61. The van der Waals surface area contributed by atoms with E-state index in [1.165, 1.54) is 19.3 Å². The van der Waals surface area contributed by atoms with Crippen molar-refractivity contribution in [3.63, 3.8) is 0 Å². The Labute approximate surface area is 159 Å². The van der Waals surface area contributed by atoms with Gasteiger partial charge in [-0.1, -0.05) is 33.1 Å². The van der Waals surface area contributed by atoms with Crippen molar-refractivity contribution in [1.82, 2.24) is 20.4 Å². The Bertz CT molecular complexity index is 437. The van der Waals surface area contributed by atoms with E-state index >= 15 is 0 Å². The summed E-state index contributed by atoms with van der Waals surface area (Å²) < 4.78 is 0. The van der Waals surface area contributed by atoms with Gasteiger partial charge in [0.1, 0.15) is 0 Å². The third-order valence-electron chi connectivity index (χ3n) is 5.87. The third-order valence-corrected chi connectivity index (χ3v) is 5.87. The number of amides is 1. The first-order valence-electron chi connectivity index (χ1n) is 10.7. The lowest BCUT2D eigenvalue weighted by atomic mass is 9.84. The van der Waals surface area contributed by atoms with E-state index in [0.29, 0.717) is 17.7 Å². The highest BCUT2D eigenvalue weighted by molar-refractivity contribution is 5.80. The third kappa shape index (κ3) is 6.45. The molecule has 1 amide bonds. The van der Waals surface area contributed by atoms with Crippen LogP contribution >= 0.6 is 0 Å². The molecule has 2 fully saturated rings. The monoisotopic (exact) mass is 365 g/mol. The van der Waals surface area contributed by atoms with E-state index in [0.717, 1.165) is 71.2 Å². The summed E-state index contributed by atoms with van der Waals surface area (Å²) in [5.41, 5.74) is 0. The minimum absolute atomic E-state index is 0.331. The number of nitrogens with zero attached hydrogens (tertiary/aromatic N) is 3. The molecule has 0 aromatic heterocycles. The summed E-state index contributed by atoms with van der Waals surface area (Å²) in [4.78, 5) is 21.6. The normalized spacial score (nSPS) is 19.5. The first-order chi connectivity index (χ1) is 12.7. The minimum Gasteiger partial charge on any atom is -0.357 e. The maximum atomic E-state index is 12.3. The maximum Gasteiger partial charge on any atom is 0.225 e. The smallest absolute Gasteiger partial charge is 0.225 e. The van der Waals surface area contributed by atoms with Crippen molar-refractivity contribution >= 4 is 11.9 Å². The standard InChI is InChI=1S/C20H39N5O/c1-4-17(5-2)16-23-20(21-6-3)22-10-11-24-12-14-25(15-13-24)19(26)18-8-7-9-18/h17-18H,4-16H2,1-3H3,(H2,21,22,23). The molecule has 1 aliphatic heterocycles. The van der Waals surface area contributed by atoms with Gasteiger partial charge in [0.15, 0.2) is 5.96 Å². The van der Waals surface area contributed by atoms with Crippen LogP contribution in [0.1, 0.15) is 52.9 Å². The quantitative estimate of drug-likeness (QED) is 0.484. The SMILES string of the molecule is CCNC(=NCC(CC)CC)NCCN1CCN(C(=O)C2CCC2)CC1. The van der Waals surface area contributed by atoms with Crippen molar-refractivity contribution < 1.29 is 4.79 Å². The molecular weight excluding hydrogens is 326 g/mol. The molecule has 6 heteroatoms. The Hall–Kier alpha value is -1.30. The van der Waals surface area contributed by atoms with Gasteiger partial charge in [-0.15, -0.1) is 0 Å². The summed E-state index contributed by atoms with van der Waals surface area (Å²) in [7, 11) is 0. The molecule has 150 valence electrons. The molecule has 1 aliphatic carbocycles. The van der Waals surface area contributed by atoms with Crippen LogP contribution < -0.4 is 10.6 Å². The van der Waals surface area contributed by atoms with Crippen LogP contribution in [0.3, 0.4) is 0 Å². The molecule has 26 heavy (non-hydrogen) atoms. The zero-order chi connectivity index (χ0) is 18.8. The molecule has 1 saturated carbocycles. The molecule has 1 heterocycles. The zero-order valence-electron chi connectivity index (χ0n) is 17.1. The first-order valence-corrected chi connectivity index (χ1v) is 10.7. The number of carbonyl (C=O) groups excluding carboxylic acids is 1. The lowest BCUT2D eigenvalue weighted by molar-refractivity contribution is -0.139. The molecule has 2 N–H and O–H groups in total. The number of nitrogens with one attached hydrogen (secondary N) is 2. The van der Waals surface area contributed by atoms with E-state index in [1.807, 2.05) is 0 Å². The second-order valence-electron chi connectivity index (χ2n) is 7.62. The van der Waals surface area contributed by atoms with Crippen LogP contribution in [0.2, 0.25) is 0 Å². The van der Waals surface area contributed by atoms with Crippen LogP contribution in [0.15, 0.2) is 4.99 Å². The van der Waals surface area contributed by atoms with Gasteiger partial charge in [0.25, 0.3) is 0 Å². The van der Waals surface area contributed by atoms with E-state index in [4.69, 9.17) is 4.99 Å². The number of hydrogen-bond donors (Lipinski definition) is 2. The zero-order valence-corrected chi connectivity index (χ0v) is 17.1. The Balaban J connectivity index is 1.66. The molecule has 1 saturated heterocycles. The second-order valence-corrected chi connectivity index (χ2v) is 7.62. The van der Waals surface area contributed by atoms with Crippen molar-refractivity contribution in [2.45, 2.75) is 52.9 Å². The first kappa shape index (κ1) is 21.0. The lowest BCUT2D eigenvalue weighted by Gasteiger charge is -2.38. The van der Waals surface area contributed by atoms with Crippen LogP contribution in [-0.4, -0.2) is 74.0 Å². The van der Waals surface area contributed by atoms with Crippen LogP contribution in [0.4, 0.5) is 0 Å². The second kappa shape index (κ2) is 11.4. The summed E-state index contributed by atoms with van der Waals surface area (Å²) >= 11 is 0. The number of hydrogen-bond acceptors (Lipinski definition) is 3. The van der Waals surface area contributed by atoms with Gasteiger partial charge in [0.05, 0.1) is 0 Å². The van der Waals surface area contributed by atoms with E-state index in [1.54, 1.807) is 0 Å². The minimum atomic E-state index is 0.331. The highest BCUT2D eigenvalue weighted by Gasteiger charge is 2.30. The molecule has 0 spiro atoms. The fourth-order valence-corrected chi connectivity index (χ4v) is 3.55. The van der Waals surface area contributed by atoms with E-state index < -0.39 is 0 Å². The lowest BCUT2D eigenvalue weighted by Crippen LogP contribution is -2.52. The van der Waals surface area contributed by atoms with Crippen molar-refractivity contribution in [3.8, 4) is 0 Å². The number of carbonyl (C=O) groups is 1. The highest BCUT2D eigenvalue weighted by Crippen LogP contribution is 2.28. The van der Waals surface area contributed by atoms with Crippen molar-refractivity contribution in [2.24, 2.45) is 16.8 Å². The molecule has 0 atom stereocenters. The Kier molecular flexibility index (Phi) is 9.23. The van der Waals surface area contributed by atoms with Crippen molar-refractivity contribution in [1.29, 1.82) is 0 Å². The molecular formula is C20H39N5O. The predicted molar refractivity (Wildman–Crippen MR) is 108 cm³/mol. The molecule has 0 unspecified atom stereocenters. The topological polar surface area (TPSA) is 60.0 Å². The van der Waals surface area contributed by atoms with E-state index in [-0.39, 0.29) is 0 Å². The average molecular weight is 366 g/mol. The van der Waals surface area contributed by atoms with Gasteiger partial charge in [0.2, 0.25) is 5.91 Å². The largest absolute Gasteiger partial charge is 0.357 e. The number of guanidine groups is 1. The van der Waals surface area contributed by atoms with Gasteiger partial charge in [-0.3, -0.25) is 14.7 Å². The molecule has 0 aromatic carbocycles. The number of rotatable bonds is 9. The molecule has 0 radical (unpaired) electrons. The van der Waals surface area contributed by atoms with Crippen LogP contribution in [0.25, 0.3) is 0 Å². The van der Waals surface area contributed by atoms with Crippen molar-refractivity contribution in [2.75, 3.05) is 52.4 Å². The maximum absolute atomic E-state index is 12.3. The summed E-state index contributed by atoms with van der Waals surface area (Å²) in [6, 6.07) is 0. The fraction of sp³-hybridized carbons (Fsp3) is 0.900. The van der Waals surface area contributed by atoms with Gasteiger partial charge >= 0.3 is 0 Å². The van der Waals surface area contributed by atoms with Gasteiger partial charge < -0.3 is 15.5 Å². The van der Waals surface area contributed by atoms with E-state index in [9.17, 15) is 4.79 Å². The van der Waals surface area contributed by atoms with E-state index in [2.05, 4.69) is 41.2 Å². The molecule has 2 aliphatic rings. The molecule has 0 aromatic rings. The molecule has 0 bridgehead atoms. The van der Waals surface area contributed by atoms with Gasteiger partial charge in [-0.05, 0) is 25.7 Å². The van der Waals surface area contributed by atoms with Gasteiger partial charge in [-0.25, -0.2) is 0 Å². The molecule has 6 nitrogen and oxygen atoms in total. The number of aliphatic imine (C=N–C) groups is 1. The molecule has 2 rings (SSSR count). The summed E-state index contributed by atoms with van der Waals surface area (Å²) in [6.45, 7) is 14.0. The Morgan fingerprint density at radius 2 is 1.77 bits per heavy atom. The fourth-order valence-electron chi connectivity index (χ4n) is 3.55. The van der Waals surface area contributed by atoms with Gasteiger partial charge in [0, 0.05) is 58.3 Å². The number of piperazine rings is 1. The predicted octanol–water partition coefficient (Wildman–Crippen LogP) is 1.92. The van der Waals surface area contributed by atoms with Crippen LogP contribution in [-0.2, 0) is 4.79 Å². The highest BCUT2D eigenvalue weighted by atomic mass is 16.2. The van der Waals surface area contributed by atoms with Crippen molar-refractivity contribution in [3.05, 3.63) is 0 Å². The summed E-state index contributed by atoms with van der Waals surface area (Å²) in [5.74, 6) is 2.33. The van der Waals surface area contributed by atoms with Crippen LogP contribution in [0, 0.1) is 11.8 Å². The van der Waals surface area contributed by atoms with Gasteiger partial charge in [-0.2, -0.15) is 0 Å². The Morgan fingerprint density at radius 1 is 1.08 bits per heavy atom. The Morgan fingerprint density at radius 3 is 2.31 bits per heavy atom.